The quantitative estimate of drug-likeness (QED) is 0.411. The summed E-state index contributed by atoms with van der Waals surface area (Å²) in [6.07, 6.45) is 0. The lowest BCUT2D eigenvalue weighted by Gasteiger charge is -2.12. The average Bonchev–Trinajstić information content (AvgIpc) is 2.89. The first-order valence-corrected chi connectivity index (χ1v) is 11.4. The maximum atomic E-state index is 12.4. The fourth-order valence-electron chi connectivity index (χ4n) is 2.50. The van der Waals surface area contributed by atoms with Crippen molar-refractivity contribution in [2.75, 3.05) is 11.1 Å². The minimum atomic E-state index is -3.77. The molecule has 2 aromatic heterocycles. The van der Waals surface area contributed by atoms with Gasteiger partial charge in [0.1, 0.15) is 10.6 Å². The number of nitrogens with zero attached hydrogens (tertiary/aromatic N) is 2. The van der Waals surface area contributed by atoms with Crippen molar-refractivity contribution in [2.45, 2.75) is 36.1 Å². The number of benzene rings is 1. The van der Waals surface area contributed by atoms with Gasteiger partial charge in [0.2, 0.25) is 15.9 Å². The second kappa shape index (κ2) is 7.66. The number of hydrogen-bond acceptors (Lipinski definition) is 8. The zero-order valence-electron chi connectivity index (χ0n) is 15.4. The van der Waals surface area contributed by atoms with E-state index in [1.165, 1.54) is 36.0 Å². The van der Waals surface area contributed by atoms with E-state index in [1.807, 2.05) is 13.8 Å². The second-order valence-corrected chi connectivity index (χ2v) is 10.2. The van der Waals surface area contributed by atoms with Gasteiger partial charge in [-0.25, -0.2) is 23.5 Å². The first-order valence-electron chi connectivity index (χ1n) is 8.20. The van der Waals surface area contributed by atoms with Crippen LogP contribution in [0.15, 0.2) is 34.3 Å². The van der Waals surface area contributed by atoms with Crippen LogP contribution in [-0.4, -0.2) is 29.5 Å². The van der Waals surface area contributed by atoms with Gasteiger partial charge in [0.05, 0.1) is 15.5 Å². The lowest BCUT2D eigenvalue weighted by molar-refractivity contribution is -0.115. The van der Waals surface area contributed by atoms with Gasteiger partial charge in [-0.2, -0.15) is 0 Å². The summed E-state index contributed by atoms with van der Waals surface area (Å²) in [4.78, 5) is 23.2. The van der Waals surface area contributed by atoms with Crippen LogP contribution in [-0.2, 0) is 14.8 Å². The summed E-state index contributed by atoms with van der Waals surface area (Å²) in [7, 11) is -3.77. The molecule has 0 saturated heterocycles. The Balaban J connectivity index is 1.73. The summed E-state index contributed by atoms with van der Waals surface area (Å²) < 4.78 is 22.6. The van der Waals surface area contributed by atoms with Gasteiger partial charge in [-0.3, -0.25) is 4.79 Å². The molecular weight excluding hydrogens is 418 g/mol. The molecule has 8 nitrogen and oxygen atoms in total. The topological polar surface area (TPSA) is 141 Å². The van der Waals surface area contributed by atoms with E-state index in [-0.39, 0.29) is 10.8 Å². The number of aryl methyl sites for hydroxylation is 2. The molecule has 0 saturated carbocycles. The third-order valence-corrected chi connectivity index (χ3v) is 7.13. The third kappa shape index (κ3) is 4.27. The molecule has 0 aliphatic heterocycles. The normalized spacial score (nSPS) is 12.9. The lowest BCUT2D eigenvalue weighted by atomic mass is 10.2. The summed E-state index contributed by atoms with van der Waals surface area (Å²) >= 11 is 2.74. The molecule has 3 aromatic rings. The van der Waals surface area contributed by atoms with E-state index in [4.69, 9.17) is 10.9 Å². The number of nitrogens with one attached hydrogen (secondary N) is 1. The highest BCUT2D eigenvalue weighted by Gasteiger charge is 2.19. The maximum absolute atomic E-state index is 12.4. The van der Waals surface area contributed by atoms with Crippen LogP contribution in [0.25, 0.3) is 10.2 Å². The van der Waals surface area contributed by atoms with Crippen molar-refractivity contribution in [1.82, 2.24) is 9.97 Å². The molecule has 11 heteroatoms. The summed E-state index contributed by atoms with van der Waals surface area (Å²) in [5.41, 5.74) is 7.61. The molecule has 3 rings (SSSR count). The number of fused-ring (bicyclic) bond motifs is 1. The minimum absolute atomic E-state index is 0.0216. The third-order valence-electron chi connectivity index (χ3n) is 4.14. The van der Waals surface area contributed by atoms with Crippen LogP contribution >= 0.6 is 23.1 Å². The number of rotatable bonds is 5. The number of thioether (sulfide) groups is 1. The number of nitrogens with two attached hydrogens (primary N) is 2. The number of amides is 1. The summed E-state index contributed by atoms with van der Waals surface area (Å²) in [5.74, 6) is 0.134. The smallest absolute Gasteiger partial charge is 0.238 e. The number of hydrogen-bond donors (Lipinski definition) is 3. The standard InChI is InChI=1S/C17H19N5O3S3/c1-8-9(2)26-16-13(8)14(18)21-17(22-16)27-10(3)15(23)20-11-4-6-12(7-5-11)28(19,24)25/h4-7,10H,1-3H3,(H,20,23)(H2,18,21,22)(H2,19,24,25). The molecule has 5 N–H and O–H groups in total. The molecule has 148 valence electrons. The van der Waals surface area contributed by atoms with E-state index in [2.05, 4.69) is 15.3 Å². The first kappa shape index (κ1) is 20.5. The van der Waals surface area contributed by atoms with Gasteiger partial charge in [0, 0.05) is 10.6 Å². The fraction of sp³-hybridized carbons (Fsp3) is 0.235. The second-order valence-electron chi connectivity index (χ2n) is 6.17. The van der Waals surface area contributed by atoms with Crippen molar-refractivity contribution in [1.29, 1.82) is 0 Å². The number of primary sulfonamides is 1. The fourth-order valence-corrected chi connectivity index (χ4v) is 4.88. The number of aromatic nitrogens is 2. The SMILES string of the molecule is Cc1sc2nc(SC(C)C(=O)Nc3ccc(S(N)(=O)=O)cc3)nc(N)c2c1C. The zero-order valence-corrected chi connectivity index (χ0v) is 17.8. The molecule has 28 heavy (non-hydrogen) atoms. The Bertz CT molecular complexity index is 1160. The molecular formula is C17H19N5O3S3. The van der Waals surface area contributed by atoms with Crippen molar-refractivity contribution >= 4 is 60.8 Å². The van der Waals surface area contributed by atoms with E-state index < -0.39 is 15.3 Å². The van der Waals surface area contributed by atoms with E-state index in [0.29, 0.717) is 16.7 Å². The number of carbonyl (C=O) groups excluding carboxylic acids is 1. The van der Waals surface area contributed by atoms with Crippen molar-refractivity contribution in [3.05, 3.63) is 34.7 Å². The Hall–Kier alpha value is -2.21. The molecule has 1 atom stereocenters. The molecule has 0 aliphatic rings. The Kier molecular flexibility index (Phi) is 5.62. The molecule has 0 aliphatic carbocycles. The Morgan fingerprint density at radius 3 is 2.46 bits per heavy atom. The molecule has 2 heterocycles. The number of thiophene rings is 1. The predicted octanol–water partition coefficient (Wildman–Crippen LogP) is 2.66. The number of carbonyl (C=O) groups is 1. The molecule has 1 aromatic carbocycles. The number of anilines is 2. The van der Waals surface area contributed by atoms with Gasteiger partial charge in [-0.15, -0.1) is 11.3 Å². The molecule has 0 fully saturated rings. The van der Waals surface area contributed by atoms with Gasteiger partial charge in [-0.1, -0.05) is 11.8 Å². The van der Waals surface area contributed by atoms with E-state index in [9.17, 15) is 13.2 Å². The summed E-state index contributed by atoms with van der Waals surface area (Å²) in [6.45, 7) is 5.72. The largest absolute Gasteiger partial charge is 0.383 e. The van der Waals surface area contributed by atoms with Crippen LogP contribution in [0.4, 0.5) is 11.5 Å². The summed E-state index contributed by atoms with van der Waals surface area (Å²) in [5, 5.41) is 8.59. The maximum Gasteiger partial charge on any atom is 0.238 e. The highest BCUT2D eigenvalue weighted by Crippen LogP contribution is 2.34. The van der Waals surface area contributed by atoms with Crippen LogP contribution in [0.2, 0.25) is 0 Å². The van der Waals surface area contributed by atoms with Gasteiger partial charge in [0.25, 0.3) is 0 Å². The van der Waals surface area contributed by atoms with Crippen LogP contribution in [0.5, 0.6) is 0 Å². The molecule has 1 unspecified atom stereocenters. The van der Waals surface area contributed by atoms with Gasteiger partial charge < -0.3 is 11.1 Å². The Morgan fingerprint density at radius 1 is 1.21 bits per heavy atom. The Labute approximate surface area is 170 Å². The van der Waals surface area contributed by atoms with Gasteiger partial charge >= 0.3 is 0 Å². The van der Waals surface area contributed by atoms with Crippen LogP contribution in [0.3, 0.4) is 0 Å². The van der Waals surface area contributed by atoms with Crippen molar-refractivity contribution in [3.8, 4) is 0 Å². The Morgan fingerprint density at radius 2 is 1.86 bits per heavy atom. The molecule has 0 bridgehead atoms. The highest BCUT2D eigenvalue weighted by atomic mass is 32.2. The monoisotopic (exact) mass is 437 g/mol. The van der Waals surface area contributed by atoms with E-state index >= 15 is 0 Å². The van der Waals surface area contributed by atoms with E-state index in [0.717, 1.165) is 20.7 Å². The van der Waals surface area contributed by atoms with Crippen LogP contribution in [0, 0.1) is 13.8 Å². The molecule has 0 radical (unpaired) electrons. The van der Waals surface area contributed by atoms with Crippen molar-refractivity contribution < 1.29 is 13.2 Å². The molecule has 0 spiro atoms. The van der Waals surface area contributed by atoms with Crippen molar-refractivity contribution in [2.24, 2.45) is 5.14 Å². The minimum Gasteiger partial charge on any atom is -0.383 e. The average molecular weight is 438 g/mol. The zero-order chi connectivity index (χ0) is 20.6. The first-order chi connectivity index (χ1) is 13.1. The predicted molar refractivity (Wildman–Crippen MR) is 113 cm³/mol. The molecule has 1 amide bonds. The lowest BCUT2D eigenvalue weighted by Crippen LogP contribution is -2.22. The van der Waals surface area contributed by atoms with Crippen LogP contribution < -0.4 is 16.2 Å². The summed E-state index contributed by atoms with van der Waals surface area (Å²) in [6, 6.07) is 5.63. The number of nitrogen functional groups attached to an aromatic ring is 1. The van der Waals surface area contributed by atoms with Crippen molar-refractivity contribution in [3.63, 3.8) is 0 Å². The van der Waals surface area contributed by atoms with Gasteiger partial charge in [-0.05, 0) is 50.6 Å². The van der Waals surface area contributed by atoms with Gasteiger partial charge in [0.15, 0.2) is 5.16 Å². The highest BCUT2D eigenvalue weighted by molar-refractivity contribution is 8.00. The number of sulfonamides is 1. The van der Waals surface area contributed by atoms with Crippen LogP contribution in [0.1, 0.15) is 17.4 Å². The van der Waals surface area contributed by atoms with E-state index in [1.54, 1.807) is 18.3 Å².